The molecule has 0 saturated heterocycles. The highest BCUT2D eigenvalue weighted by atomic mass is 17.0. The molecule has 0 amide bonds. The fourth-order valence-electron chi connectivity index (χ4n) is 0.257. The van der Waals surface area contributed by atoms with Crippen molar-refractivity contribution in [2.45, 2.75) is 0 Å². The third-order valence-electron chi connectivity index (χ3n) is 0.311. The molecule has 0 radical (unpaired) electrons. The van der Waals surface area contributed by atoms with Gasteiger partial charge in [-0.05, 0) is 0 Å². The summed E-state index contributed by atoms with van der Waals surface area (Å²) in [5, 5.41) is 11.1. The normalized spacial score (nSPS) is 15.0. The highest BCUT2D eigenvalue weighted by Gasteiger charge is 1.87. The van der Waals surface area contributed by atoms with Crippen molar-refractivity contribution in [1.82, 2.24) is 5.06 Å². The number of hydroxylamine groups is 4. The molecule has 0 spiro atoms. The number of hydrogen-bond acceptors (Lipinski definition) is 3. The lowest BCUT2D eigenvalue weighted by atomic mass is 11.2. The van der Waals surface area contributed by atoms with Crippen LogP contribution in [0.4, 0.5) is 0 Å². The fourth-order valence-corrected chi connectivity index (χ4v) is 0.257. The minimum Gasteiger partial charge on any atom is -0.599 e. The van der Waals surface area contributed by atoms with Crippen LogP contribution in [0.15, 0.2) is 0 Å². The van der Waals surface area contributed by atoms with E-state index in [-0.39, 0.29) is 5.23 Å². The van der Waals surface area contributed by atoms with Crippen molar-refractivity contribution < 1.29 is 10.2 Å². The molecule has 1 atom stereocenters. The maximum atomic E-state index is 9.99. The SMILES string of the molecule is CN(C)O[NH+](C)[O-]. The summed E-state index contributed by atoms with van der Waals surface area (Å²) in [5.74, 6) is 0. The first-order chi connectivity index (χ1) is 3.13. The van der Waals surface area contributed by atoms with Gasteiger partial charge in [0.25, 0.3) is 0 Å². The Morgan fingerprint density at radius 3 is 2.00 bits per heavy atom. The van der Waals surface area contributed by atoms with Gasteiger partial charge in [0, 0.05) is 14.1 Å². The Labute approximate surface area is 42.8 Å². The maximum absolute atomic E-state index is 9.99. The van der Waals surface area contributed by atoms with E-state index in [0.717, 1.165) is 0 Å². The third-order valence-corrected chi connectivity index (χ3v) is 0.311. The number of hydrogen-bond donors (Lipinski definition) is 1. The molecular weight excluding hydrogens is 96.0 g/mol. The molecule has 1 unspecified atom stereocenters. The molecule has 0 fully saturated rings. The first-order valence-corrected chi connectivity index (χ1v) is 1.99. The Kier molecular flexibility index (Phi) is 2.86. The van der Waals surface area contributed by atoms with Gasteiger partial charge >= 0.3 is 0 Å². The molecule has 0 heterocycles. The van der Waals surface area contributed by atoms with Crippen LogP contribution in [-0.2, 0) is 4.94 Å². The molecule has 1 N–H and O–H groups in total. The first kappa shape index (κ1) is 6.84. The van der Waals surface area contributed by atoms with Gasteiger partial charge in [0.15, 0.2) is 0 Å². The van der Waals surface area contributed by atoms with Crippen molar-refractivity contribution in [2.24, 2.45) is 0 Å². The third kappa shape index (κ3) is 5.84. The second-order valence-electron chi connectivity index (χ2n) is 1.40. The molecule has 7 heavy (non-hydrogen) atoms. The molecule has 0 saturated carbocycles. The van der Waals surface area contributed by atoms with Gasteiger partial charge in [0.2, 0.25) is 0 Å². The van der Waals surface area contributed by atoms with Crippen molar-refractivity contribution in [3.8, 4) is 0 Å². The summed E-state index contributed by atoms with van der Waals surface area (Å²) >= 11 is 0. The zero-order chi connectivity index (χ0) is 5.86. The van der Waals surface area contributed by atoms with Gasteiger partial charge in [-0.15, -0.1) is 10.0 Å². The summed E-state index contributed by atoms with van der Waals surface area (Å²) in [6, 6.07) is 0. The predicted octanol–water partition coefficient (Wildman–Crippen LogP) is -1.59. The Morgan fingerprint density at radius 2 is 2.00 bits per heavy atom. The summed E-state index contributed by atoms with van der Waals surface area (Å²) in [7, 11) is 4.67. The molecule has 0 bridgehead atoms. The van der Waals surface area contributed by atoms with Crippen LogP contribution < -0.4 is 5.23 Å². The van der Waals surface area contributed by atoms with E-state index in [4.69, 9.17) is 0 Å². The monoisotopic (exact) mass is 106 g/mol. The standard InChI is InChI=1S/C3H10N2O2/c1-4(2)7-5(3)6/h5H,1-3H3. The largest absolute Gasteiger partial charge is 0.599 e. The van der Waals surface area contributed by atoms with Gasteiger partial charge in [0.1, 0.15) is 0 Å². The zero-order valence-corrected chi connectivity index (χ0v) is 4.76. The summed E-state index contributed by atoms with van der Waals surface area (Å²) in [6.45, 7) is 0. The number of quaternary nitrogens is 1. The van der Waals surface area contributed by atoms with E-state index in [1.165, 1.54) is 12.1 Å². The van der Waals surface area contributed by atoms with Crippen molar-refractivity contribution in [3.63, 3.8) is 0 Å². The van der Waals surface area contributed by atoms with E-state index in [1.54, 1.807) is 14.1 Å². The smallest absolute Gasteiger partial charge is 0.0982 e. The van der Waals surface area contributed by atoms with E-state index >= 15 is 0 Å². The maximum Gasteiger partial charge on any atom is 0.0982 e. The number of nitrogens with one attached hydrogen (secondary N) is 1. The molecule has 0 aliphatic heterocycles. The average molecular weight is 106 g/mol. The molecule has 0 aromatic carbocycles. The highest BCUT2D eigenvalue weighted by molar-refractivity contribution is 3.96. The summed E-state index contributed by atoms with van der Waals surface area (Å²) in [5.41, 5.74) is 0. The van der Waals surface area contributed by atoms with Gasteiger partial charge in [-0.3, -0.25) is 0 Å². The topological polar surface area (TPSA) is 40.0 Å². The molecule has 0 rings (SSSR count). The molecule has 44 valence electrons. The Bertz CT molecular complexity index is 40.2. The average Bonchev–Trinajstić information content (AvgIpc) is 1.27. The summed E-state index contributed by atoms with van der Waals surface area (Å²) in [4.78, 5) is 4.44. The Hall–Kier alpha value is -0.160. The summed E-state index contributed by atoms with van der Waals surface area (Å²) < 4.78 is 0. The van der Waals surface area contributed by atoms with Gasteiger partial charge < -0.3 is 5.21 Å². The zero-order valence-electron chi connectivity index (χ0n) is 4.76. The van der Waals surface area contributed by atoms with Gasteiger partial charge in [0.05, 0.1) is 7.05 Å². The van der Waals surface area contributed by atoms with Crippen LogP contribution in [0, 0.1) is 5.21 Å². The lowest BCUT2D eigenvalue weighted by molar-refractivity contribution is -1.06. The Morgan fingerprint density at radius 1 is 1.57 bits per heavy atom. The van der Waals surface area contributed by atoms with Crippen molar-refractivity contribution in [3.05, 3.63) is 5.21 Å². The number of nitrogens with zero attached hydrogens (tertiary/aromatic N) is 1. The van der Waals surface area contributed by atoms with E-state index < -0.39 is 0 Å². The van der Waals surface area contributed by atoms with Crippen LogP contribution in [0.2, 0.25) is 0 Å². The molecule has 0 aliphatic carbocycles. The van der Waals surface area contributed by atoms with Crippen LogP contribution >= 0.6 is 0 Å². The minimum absolute atomic E-state index is 0.287. The Balaban J connectivity index is 2.95. The van der Waals surface area contributed by atoms with E-state index in [9.17, 15) is 5.21 Å². The van der Waals surface area contributed by atoms with Gasteiger partial charge in [-0.1, -0.05) is 0 Å². The fraction of sp³-hybridized carbons (Fsp3) is 1.00. The number of rotatable bonds is 2. The van der Waals surface area contributed by atoms with Crippen LogP contribution in [0.5, 0.6) is 0 Å². The predicted molar refractivity (Wildman–Crippen MR) is 25.0 cm³/mol. The van der Waals surface area contributed by atoms with Gasteiger partial charge in [-0.2, -0.15) is 0 Å². The molecule has 0 aromatic heterocycles. The molecule has 0 aromatic rings. The second kappa shape index (κ2) is 2.92. The highest BCUT2D eigenvalue weighted by Crippen LogP contribution is 1.60. The minimum atomic E-state index is -0.287. The van der Waals surface area contributed by atoms with E-state index in [0.29, 0.717) is 0 Å². The van der Waals surface area contributed by atoms with Crippen LogP contribution in [0.3, 0.4) is 0 Å². The van der Waals surface area contributed by atoms with Crippen LogP contribution in [0.25, 0.3) is 0 Å². The second-order valence-corrected chi connectivity index (χ2v) is 1.40. The molecule has 0 aliphatic rings. The van der Waals surface area contributed by atoms with E-state index in [2.05, 4.69) is 4.94 Å². The quantitative estimate of drug-likeness (QED) is 0.431. The van der Waals surface area contributed by atoms with Crippen molar-refractivity contribution >= 4 is 0 Å². The van der Waals surface area contributed by atoms with Gasteiger partial charge in [-0.25, -0.2) is 5.23 Å². The summed E-state index contributed by atoms with van der Waals surface area (Å²) in [6.07, 6.45) is 0. The van der Waals surface area contributed by atoms with Crippen molar-refractivity contribution in [1.29, 1.82) is 0 Å². The molecular formula is C3H10N2O2. The molecule has 4 heteroatoms. The van der Waals surface area contributed by atoms with Crippen LogP contribution in [-0.4, -0.2) is 26.2 Å². The van der Waals surface area contributed by atoms with Crippen molar-refractivity contribution in [2.75, 3.05) is 21.1 Å². The lowest BCUT2D eigenvalue weighted by Crippen LogP contribution is -3.03. The van der Waals surface area contributed by atoms with Crippen LogP contribution in [0.1, 0.15) is 0 Å². The molecule has 4 nitrogen and oxygen atoms in total. The lowest BCUT2D eigenvalue weighted by Gasteiger charge is -2.16. The van der Waals surface area contributed by atoms with E-state index in [1.807, 2.05) is 0 Å². The first-order valence-electron chi connectivity index (χ1n) is 1.99.